The van der Waals surface area contributed by atoms with Crippen LogP contribution in [0.3, 0.4) is 0 Å². The van der Waals surface area contributed by atoms with E-state index in [-0.39, 0.29) is 24.2 Å². The number of hydrogen-bond acceptors (Lipinski definition) is 2. The summed E-state index contributed by atoms with van der Waals surface area (Å²) in [5.41, 5.74) is 1.94. The van der Waals surface area contributed by atoms with Crippen LogP contribution >= 0.6 is 0 Å². The lowest BCUT2D eigenvalue weighted by atomic mass is 10.1. The van der Waals surface area contributed by atoms with Crippen molar-refractivity contribution in [2.45, 2.75) is 25.3 Å². The molecule has 24 heavy (non-hydrogen) atoms. The van der Waals surface area contributed by atoms with Crippen LogP contribution in [0.2, 0.25) is 0 Å². The van der Waals surface area contributed by atoms with Crippen LogP contribution in [-0.2, 0) is 11.2 Å². The Bertz CT molecular complexity index is 651. The van der Waals surface area contributed by atoms with Gasteiger partial charge >= 0.3 is 0 Å². The van der Waals surface area contributed by atoms with Crippen LogP contribution in [0, 0.1) is 5.82 Å². The van der Waals surface area contributed by atoms with Gasteiger partial charge in [0.25, 0.3) is 0 Å². The van der Waals surface area contributed by atoms with Gasteiger partial charge in [0.05, 0.1) is 12.5 Å². The fraction of sp³-hybridized carbons (Fsp3) is 0.350. The largest absolute Gasteiger partial charge is 0.348 e. The van der Waals surface area contributed by atoms with Gasteiger partial charge in [0, 0.05) is 6.54 Å². The number of nitrogens with one attached hydrogen (secondary N) is 1. The van der Waals surface area contributed by atoms with E-state index in [2.05, 4.69) is 22.3 Å². The molecule has 0 aromatic heterocycles. The number of amides is 1. The van der Waals surface area contributed by atoms with E-state index in [1.807, 2.05) is 18.2 Å². The highest BCUT2D eigenvalue weighted by Crippen LogP contribution is 2.18. The maximum atomic E-state index is 13.0. The van der Waals surface area contributed by atoms with E-state index in [9.17, 15) is 9.18 Å². The third-order valence-electron chi connectivity index (χ3n) is 4.45. The number of halogens is 1. The second-order valence-corrected chi connectivity index (χ2v) is 6.34. The molecule has 1 atom stereocenters. The molecule has 1 N–H and O–H groups in total. The number of carbonyl (C=O) groups is 1. The van der Waals surface area contributed by atoms with Gasteiger partial charge in [-0.25, -0.2) is 4.39 Å². The Balaban J connectivity index is 1.66. The maximum absolute atomic E-state index is 13.0. The molecule has 1 heterocycles. The van der Waals surface area contributed by atoms with Crippen LogP contribution < -0.4 is 5.32 Å². The lowest BCUT2D eigenvalue weighted by Crippen LogP contribution is -2.37. The average molecular weight is 326 g/mol. The molecule has 1 fully saturated rings. The number of nitrogens with zero attached hydrogens (tertiary/aromatic N) is 1. The van der Waals surface area contributed by atoms with Crippen LogP contribution in [0.15, 0.2) is 54.6 Å². The quantitative estimate of drug-likeness (QED) is 0.883. The summed E-state index contributed by atoms with van der Waals surface area (Å²) < 4.78 is 13.0. The van der Waals surface area contributed by atoms with Gasteiger partial charge in [0.15, 0.2) is 0 Å². The van der Waals surface area contributed by atoms with Crippen LogP contribution in [-0.4, -0.2) is 30.4 Å². The van der Waals surface area contributed by atoms with E-state index in [1.54, 1.807) is 12.1 Å². The van der Waals surface area contributed by atoms with Gasteiger partial charge in [-0.3, -0.25) is 4.79 Å². The predicted molar refractivity (Wildman–Crippen MR) is 93.1 cm³/mol. The lowest BCUT2D eigenvalue weighted by molar-refractivity contribution is -0.121. The summed E-state index contributed by atoms with van der Waals surface area (Å²) in [4.78, 5) is 14.8. The Hall–Kier alpha value is -2.20. The first kappa shape index (κ1) is 16.7. The maximum Gasteiger partial charge on any atom is 0.224 e. The van der Waals surface area contributed by atoms with Crippen LogP contribution in [0.1, 0.15) is 30.0 Å². The van der Waals surface area contributed by atoms with Gasteiger partial charge in [-0.05, 0) is 49.2 Å². The molecule has 1 amide bonds. The molecule has 3 nitrogen and oxygen atoms in total. The minimum atomic E-state index is -0.282. The molecular weight excluding hydrogens is 303 g/mol. The monoisotopic (exact) mass is 326 g/mol. The van der Waals surface area contributed by atoms with E-state index in [0.29, 0.717) is 0 Å². The number of carbonyl (C=O) groups excluding carboxylic acids is 1. The highest BCUT2D eigenvalue weighted by Gasteiger charge is 2.20. The molecular formula is C20H23FN2O. The Labute approximate surface area is 142 Å². The van der Waals surface area contributed by atoms with Crippen molar-refractivity contribution in [3.63, 3.8) is 0 Å². The van der Waals surface area contributed by atoms with E-state index in [4.69, 9.17) is 0 Å². The SMILES string of the molecule is O=C(Cc1ccc(F)cc1)NC(CN1CCCC1)c1ccccc1. The fourth-order valence-corrected chi connectivity index (χ4v) is 3.18. The molecule has 1 saturated heterocycles. The average Bonchev–Trinajstić information content (AvgIpc) is 3.10. The second-order valence-electron chi connectivity index (χ2n) is 6.34. The molecule has 0 radical (unpaired) electrons. The minimum Gasteiger partial charge on any atom is -0.348 e. The smallest absolute Gasteiger partial charge is 0.224 e. The molecule has 0 bridgehead atoms. The number of hydrogen-bond donors (Lipinski definition) is 1. The second kappa shape index (κ2) is 8.06. The molecule has 0 saturated carbocycles. The van der Waals surface area contributed by atoms with Crippen LogP contribution in [0.4, 0.5) is 4.39 Å². The fourth-order valence-electron chi connectivity index (χ4n) is 3.18. The van der Waals surface area contributed by atoms with Crippen molar-refractivity contribution in [2.24, 2.45) is 0 Å². The minimum absolute atomic E-state index is 0.0164. The Kier molecular flexibility index (Phi) is 5.59. The van der Waals surface area contributed by atoms with Gasteiger partial charge in [0.2, 0.25) is 5.91 Å². The number of benzene rings is 2. The topological polar surface area (TPSA) is 32.3 Å². The van der Waals surface area contributed by atoms with Crippen molar-refractivity contribution < 1.29 is 9.18 Å². The first-order valence-corrected chi connectivity index (χ1v) is 8.52. The highest BCUT2D eigenvalue weighted by atomic mass is 19.1. The summed E-state index contributed by atoms with van der Waals surface area (Å²) in [6, 6.07) is 16.2. The molecule has 1 unspecified atom stereocenters. The molecule has 1 aliphatic rings. The summed E-state index contributed by atoms with van der Waals surface area (Å²) in [6.45, 7) is 3.02. The first-order chi connectivity index (χ1) is 11.7. The van der Waals surface area contributed by atoms with Gasteiger partial charge < -0.3 is 10.2 Å². The summed E-state index contributed by atoms with van der Waals surface area (Å²) in [5, 5.41) is 3.15. The third-order valence-corrected chi connectivity index (χ3v) is 4.45. The Morgan fingerprint density at radius 1 is 1.04 bits per heavy atom. The zero-order valence-electron chi connectivity index (χ0n) is 13.7. The van der Waals surface area contributed by atoms with E-state index >= 15 is 0 Å². The van der Waals surface area contributed by atoms with Gasteiger partial charge in [-0.2, -0.15) is 0 Å². The molecule has 0 aliphatic carbocycles. The predicted octanol–water partition coefficient (Wildman–Crippen LogP) is 3.32. The van der Waals surface area contributed by atoms with E-state index in [1.165, 1.54) is 25.0 Å². The van der Waals surface area contributed by atoms with E-state index < -0.39 is 0 Å². The molecule has 2 aromatic rings. The summed E-state index contributed by atoms with van der Waals surface area (Å²) >= 11 is 0. The number of likely N-dealkylation sites (tertiary alicyclic amines) is 1. The third kappa shape index (κ3) is 4.65. The van der Waals surface area contributed by atoms with Crippen molar-refractivity contribution in [1.29, 1.82) is 0 Å². The molecule has 4 heteroatoms. The van der Waals surface area contributed by atoms with Crippen molar-refractivity contribution >= 4 is 5.91 Å². The first-order valence-electron chi connectivity index (χ1n) is 8.52. The van der Waals surface area contributed by atoms with Crippen LogP contribution in [0.25, 0.3) is 0 Å². The molecule has 1 aliphatic heterocycles. The van der Waals surface area contributed by atoms with Gasteiger partial charge in [-0.15, -0.1) is 0 Å². The van der Waals surface area contributed by atoms with Crippen molar-refractivity contribution in [2.75, 3.05) is 19.6 Å². The summed E-state index contributed by atoms with van der Waals surface area (Å²) in [6.07, 6.45) is 2.72. The molecule has 0 spiro atoms. The van der Waals surface area contributed by atoms with Crippen molar-refractivity contribution in [3.05, 3.63) is 71.5 Å². The van der Waals surface area contributed by atoms with Crippen molar-refractivity contribution in [3.8, 4) is 0 Å². The normalized spacial score (nSPS) is 16.0. The number of rotatable bonds is 6. The Morgan fingerprint density at radius 2 is 1.71 bits per heavy atom. The zero-order chi connectivity index (χ0) is 16.8. The summed E-state index contributed by atoms with van der Waals surface area (Å²) in [7, 11) is 0. The van der Waals surface area contributed by atoms with Crippen LogP contribution in [0.5, 0.6) is 0 Å². The van der Waals surface area contributed by atoms with Crippen molar-refractivity contribution in [1.82, 2.24) is 10.2 Å². The molecule has 2 aromatic carbocycles. The van der Waals surface area contributed by atoms with E-state index in [0.717, 1.165) is 30.8 Å². The summed E-state index contributed by atoms with van der Waals surface area (Å²) in [5.74, 6) is -0.315. The Morgan fingerprint density at radius 3 is 2.38 bits per heavy atom. The van der Waals surface area contributed by atoms with Gasteiger partial charge in [-0.1, -0.05) is 42.5 Å². The highest BCUT2D eigenvalue weighted by molar-refractivity contribution is 5.79. The zero-order valence-corrected chi connectivity index (χ0v) is 13.7. The molecule has 126 valence electrons. The molecule has 3 rings (SSSR count). The standard InChI is InChI=1S/C20H23FN2O/c21-18-10-8-16(9-11-18)14-20(24)22-19(15-23-12-4-5-13-23)17-6-2-1-3-7-17/h1-3,6-11,19H,4-5,12-15H2,(H,22,24). The van der Waals surface area contributed by atoms with Gasteiger partial charge in [0.1, 0.15) is 5.82 Å². The lowest BCUT2D eigenvalue weighted by Gasteiger charge is -2.25.